The molecule has 154 valence electrons. The van der Waals surface area contributed by atoms with E-state index in [1.165, 1.54) is 13.0 Å². The van der Waals surface area contributed by atoms with Crippen LogP contribution in [0.15, 0.2) is 42.5 Å². The molecular weight excluding hydrogens is 387 g/mol. The molecule has 0 aromatic heterocycles. The van der Waals surface area contributed by atoms with Crippen LogP contribution in [0.25, 0.3) is 0 Å². The van der Waals surface area contributed by atoms with Crippen molar-refractivity contribution in [2.75, 3.05) is 17.2 Å². The predicted molar refractivity (Wildman–Crippen MR) is 103 cm³/mol. The van der Waals surface area contributed by atoms with Crippen LogP contribution >= 0.6 is 0 Å². The van der Waals surface area contributed by atoms with Crippen LogP contribution in [-0.4, -0.2) is 24.3 Å². The highest BCUT2D eigenvalue weighted by molar-refractivity contribution is 5.96. The lowest BCUT2D eigenvalue weighted by molar-refractivity contribution is -0.137. The van der Waals surface area contributed by atoms with E-state index in [-0.39, 0.29) is 24.6 Å². The van der Waals surface area contributed by atoms with Gasteiger partial charge in [0.05, 0.1) is 11.3 Å². The first-order valence-electron chi connectivity index (χ1n) is 8.70. The summed E-state index contributed by atoms with van der Waals surface area (Å²) in [6.07, 6.45) is -4.93. The normalized spacial score (nSPS) is 10.9. The van der Waals surface area contributed by atoms with Gasteiger partial charge in [0.2, 0.25) is 11.8 Å². The SMILES string of the molecule is CC(=O)Nc1ccc(NC(=O)CCNC(=O)c2ccccc2C)c(C(F)(F)F)c1. The molecule has 0 radical (unpaired) electrons. The Hall–Kier alpha value is -3.36. The molecule has 0 saturated heterocycles. The van der Waals surface area contributed by atoms with E-state index in [0.717, 1.165) is 17.7 Å². The molecule has 0 fully saturated rings. The average Bonchev–Trinajstić information content (AvgIpc) is 2.62. The van der Waals surface area contributed by atoms with Gasteiger partial charge in [-0.25, -0.2) is 0 Å². The number of hydrogen-bond acceptors (Lipinski definition) is 3. The van der Waals surface area contributed by atoms with Crippen molar-refractivity contribution in [2.45, 2.75) is 26.4 Å². The zero-order valence-corrected chi connectivity index (χ0v) is 15.8. The highest BCUT2D eigenvalue weighted by atomic mass is 19.4. The maximum absolute atomic E-state index is 13.3. The summed E-state index contributed by atoms with van der Waals surface area (Å²) in [5.41, 5.74) is -0.319. The zero-order valence-electron chi connectivity index (χ0n) is 15.8. The summed E-state index contributed by atoms with van der Waals surface area (Å²) in [5.74, 6) is -1.57. The van der Waals surface area contributed by atoms with Crippen LogP contribution in [0.3, 0.4) is 0 Å². The summed E-state index contributed by atoms with van der Waals surface area (Å²) in [6.45, 7) is 2.91. The van der Waals surface area contributed by atoms with E-state index in [2.05, 4.69) is 16.0 Å². The number of hydrogen-bond donors (Lipinski definition) is 3. The fourth-order valence-electron chi connectivity index (χ4n) is 2.59. The monoisotopic (exact) mass is 407 g/mol. The summed E-state index contributed by atoms with van der Waals surface area (Å²) in [7, 11) is 0. The van der Waals surface area contributed by atoms with Crippen molar-refractivity contribution in [3.8, 4) is 0 Å². The van der Waals surface area contributed by atoms with Crippen molar-refractivity contribution >= 4 is 29.1 Å². The molecule has 3 N–H and O–H groups in total. The van der Waals surface area contributed by atoms with Gasteiger partial charge in [0.1, 0.15) is 0 Å². The van der Waals surface area contributed by atoms with Crippen molar-refractivity contribution in [3.05, 3.63) is 59.2 Å². The number of carbonyl (C=O) groups is 3. The Balaban J connectivity index is 2.00. The number of rotatable bonds is 6. The van der Waals surface area contributed by atoms with Crippen molar-refractivity contribution in [3.63, 3.8) is 0 Å². The number of carbonyl (C=O) groups excluding carboxylic acids is 3. The summed E-state index contributed by atoms with van der Waals surface area (Å²) in [5, 5.41) is 7.03. The van der Waals surface area contributed by atoms with E-state index in [9.17, 15) is 27.6 Å². The molecule has 0 heterocycles. The standard InChI is InChI=1S/C20H20F3N3O3/c1-12-5-3-4-6-15(12)19(29)24-10-9-18(28)26-17-8-7-14(25-13(2)27)11-16(17)20(21,22)23/h3-8,11H,9-10H2,1-2H3,(H,24,29)(H,25,27)(H,26,28). The minimum atomic E-state index is -4.73. The Morgan fingerprint density at radius 1 is 1.00 bits per heavy atom. The molecule has 0 spiro atoms. The number of benzene rings is 2. The molecule has 0 aliphatic heterocycles. The van der Waals surface area contributed by atoms with E-state index in [1.54, 1.807) is 31.2 Å². The summed E-state index contributed by atoms with van der Waals surface area (Å²) >= 11 is 0. The second kappa shape index (κ2) is 9.22. The van der Waals surface area contributed by atoms with E-state index >= 15 is 0 Å². The van der Waals surface area contributed by atoms with Crippen LogP contribution in [0, 0.1) is 6.92 Å². The molecule has 9 heteroatoms. The van der Waals surface area contributed by atoms with Gasteiger partial charge in [0.15, 0.2) is 0 Å². The quantitative estimate of drug-likeness (QED) is 0.682. The highest BCUT2D eigenvalue weighted by Gasteiger charge is 2.34. The minimum absolute atomic E-state index is 0.0340. The molecule has 0 bridgehead atoms. The second-order valence-corrected chi connectivity index (χ2v) is 6.31. The molecule has 2 aromatic rings. The maximum Gasteiger partial charge on any atom is 0.418 e. The van der Waals surface area contributed by atoms with Crippen molar-refractivity contribution < 1.29 is 27.6 Å². The van der Waals surface area contributed by atoms with Crippen LogP contribution in [0.5, 0.6) is 0 Å². The number of halogens is 3. The van der Waals surface area contributed by atoms with E-state index in [1.807, 2.05) is 0 Å². The first-order valence-corrected chi connectivity index (χ1v) is 8.70. The van der Waals surface area contributed by atoms with Crippen LogP contribution < -0.4 is 16.0 Å². The third kappa shape index (κ3) is 6.34. The Morgan fingerprint density at radius 3 is 2.31 bits per heavy atom. The van der Waals surface area contributed by atoms with Crippen LogP contribution in [-0.2, 0) is 15.8 Å². The van der Waals surface area contributed by atoms with Crippen LogP contribution in [0.1, 0.15) is 34.8 Å². The van der Waals surface area contributed by atoms with Crippen molar-refractivity contribution in [1.29, 1.82) is 0 Å². The van der Waals surface area contributed by atoms with Gasteiger partial charge >= 0.3 is 6.18 Å². The lowest BCUT2D eigenvalue weighted by Gasteiger charge is -2.15. The molecule has 0 aliphatic rings. The predicted octanol–water partition coefficient (Wildman–Crippen LogP) is 3.73. The molecule has 29 heavy (non-hydrogen) atoms. The van der Waals surface area contributed by atoms with E-state index < -0.39 is 29.2 Å². The molecule has 2 aromatic carbocycles. The summed E-state index contributed by atoms with van der Waals surface area (Å²) in [4.78, 5) is 35.2. The molecule has 0 unspecified atom stereocenters. The summed E-state index contributed by atoms with van der Waals surface area (Å²) < 4.78 is 39.8. The van der Waals surface area contributed by atoms with E-state index in [0.29, 0.717) is 5.56 Å². The Morgan fingerprint density at radius 2 is 1.69 bits per heavy atom. The number of nitrogens with one attached hydrogen (secondary N) is 3. The topological polar surface area (TPSA) is 87.3 Å². The van der Waals surface area contributed by atoms with Gasteiger partial charge < -0.3 is 16.0 Å². The number of anilines is 2. The highest BCUT2D eigenvalue weighted by Crippen LogP contribution is 2.36. The molecular formula is C20H20F3N3O3. The van der Waals surface area contributed by atoms with Crippen LogP contribution in [0.4, 0.5) is 24.5 Å². The number of aryl methyl sites for hydroxylation is 1. The average molecular weight is 407 g/mol. The first kappa shape index (κ1) is 21.9. The molecule has 0 aliphatic carbocycles. The Bertz CT molecular complexity index is 927. The number of amides is 3. The van der Waals surface area contributed by atoms with E-state index in [4.69, 9.17) is 0 Å². The van der Waals surface area contributed by atoms with Gasteiger partial charge in [-0.1, -0.05) is 18.2 Å². The third-order valence-corrected chi connectivity index (χ3v) is 3.95. The Labute approximate surface area is 165 Å². The fraction of sp³-hybridized carbons (Fsp3) is 0.250. The molecule has 3 amide bonds. The van der Waals surface area contributed by atoms with Crippen LogP contribution in [0.2, 0.25) is 0 Å². The first-order chi connectivity index (χ1) is 13.6. The maximum atomic E-state index is 13.3. The lowest BCUT2D eigenvalue weighted by Crippen LogP contribution is -2.28. The van der Waals surface area contributed by atoms with Gasteiger partial charge in [0.25, 0.3) is 5.91 Å². The molecule has 6 nitrogen and oxygen atoms in total. The fourth-order valence-corrected chi connectivity index (χ4v) is 2.59. The summed E-state index contributed by atoms with van der Waals surface area (Å²) in [6, 6.07) is 9.97. The van der Waals surface area contributed by atoms with Gasteiger partial charge in [0, 0.05) is 31.1 Å². The number of alkyl halides is 3. The molecule has 2 rings (SSSR count). The smallest absolute Gasteiger partial charge is 0.352 e. The minimum Gasteiger partial charge on any atom is -0.352 e. The second-order valence-electron chi connectivity index (χ2n) is 6.31. The van der Waals surface area contributed by atoms with Gasteiger partial charge in [-0.15, -0.1) is 0 Å². The largest absolute Gasteiger partial charge is 0.418 e. The molecule has 0 atom stereocenters. The lowest BCUT2D eigenvalue weighted by atomic mass is 10.1. The van der Waals surface area contributed by atoms with Gasteiger partial charge in [-0.2, -0.15) is 13.2 Å². The van der Waals surface area contributed by atoms with Crippen molar-refractivity contribution in [1.82, 2.24) is 5.32 Å². The molecule has 0 saturated carbocycles. The third-order valence-electron chi connectivity index (χ3n) is 3.95. The Kier molecular flexibility index (Phi) is 6.98. The van der Waals surface area contributed by atoms with Crippen molar-refractivity contribution in [2.24, 2.45) is 0 Å². The van der Waals surface area contributed by atoms with Gasteiger partial charge in [-0.05, 0) is 36.8 Å². The zero-order chi connectivity index (χ0) is 21.6. The van der Waals surface area contributed by atoms with Gasteiger partial charge in [-0.3, -0.25) is 14.4 Å².